The maximum Gasteiger partial charge on any atom is 0.113 e. The normalized spacial score (nSPS) is 29.8. The van der Waals surface area contributed by atoms with Gasteiger partial charge in [-0.1, -0.05) is 48.0 Å². The standard InChI is InChI=1S/C24H29ClO6/c25-19-6-5-17(24-23(29)22(28)21(27)20(13-26)31-24)12-18(19)11-14-1-3-15(4-2-14)16-7-9-30-10-8-16/h1-6,12,16,20-24,26-29H,7-11,13H2/t20-,21-,22+,23-,24+/m1/s1. The minimum Gasteiger partial charge on any atom is -0.394 e. The lowest BCUT2D eigenvalue weighted by Crippen LogP contribution is -2.55. The molecule has 4 N–H and O–H groups in total. The minimum absolute atomic E-state index is 0.457. The second kappa shape index (κ2) is 9.96. The average molecular weight is 449 g/mol. The molecule has 168 valence electrons. The first-order valence-electron chi connectivity index (χ1n) is 10.7. The summed E-state index contributed by atoms with van der Waals surface area (Å²) in [6.07, 6.45) is -3.21. The van der Waals surface area contributed by atoms with Crippen LogP contribution in [0.5, 0.6) is 0 Å². The van der Waals surface area contributed by atoms with Crippen LogP contribution in [0.3, 0.4) is 0 Å². The van der Waals surface area contributed by atoms with Gasteiger partial charge in [-0.3, -0.25) is 0 Å². The zero-order valence-electron chi connectivity index (χ0n) is 17.2. The van der Waals surface area contributed by atoms with Crippen molar-refractivity contribution in [2.45, 2.75) is 55.7 Å². The van der Waals surface area contributed by atoms with Gasteiger partial charge in [-0.15, -0.1) is 0 Å². The summed E-state index contributed by atoms with van der Waals surface area (Å²) in [5, 5.41) is 40.6. The molecule has 2 saturated heterocycles. The highest BCUT2D eigenvalue weighted by atomic mass is 35.5. The molecule has 0 saturated carbocycles. The Hall–Kier alpha value is -1.51. The lowest BCUT2D eigenvalue weighted by atomic mass is 9.89. The molecule has 0 aromatic heterocycles. The first-order chi connectivity index (χ1) is 15.0. The van der Waals surface area contributed by atoms with Gasteiger partial charge in [-0.25, -0.2) is 0 Å². The van der Waals surface area contributed by atoms with Gasteiger partial charge in [0.1, 0.15) is 30.5 Å². The van der Waals surface area contributed by atoms with Crippen LogP contribution in [0.2, 0.25) is 5.02 Å². The van der Waals surface area contributed by atoms with Crippen molar-refractivity contribution in [1.82, 2.24) is 0 Å². The fourth-order valence-electron chi connectivity index (χ4n) is 4.44. The number of ether oxygens (including phenoxy) is 2. The van der Waals surface area contributed by atoms with Crippen molar-refractivity contribution in [1.29, 1.82) is 0 Å². The van der Waals surface area contributed by atoms with Crippen LogP contribution in [0.1, 0.15) is 47.1 Å². The third kappa shape index (κ3) is 4.96. The minimum atomic E-state index is -1.41. The molecule has 0 spiro atoms. The molecular weight excluding hydrogens is 420 g/mol. The van der Waals surface area contributed by atoms with Gasteiger partial charge in [-0.2, -0.15) is 0 Å². The zero-order valence-corrected chi connectivity index (χ0v) is 18.0. The second-order valence-electron chi connectivity index (χ2n) is 8.41. The topological polar surface area (TPSA) is 99.4 Å². The quantitative estimate of drug-likeness (QED) is 0.560. The monoisotopic (exact) mass is 448 g/mol. The van der Waals surface area contributed by atoms with Crippen LogP contribution in [-0.4, -0.2) is 64.7 Å². The number of aliphatic hydroxyl groups is 4. The Morgan fingerprint density at radius 2 is 1.55 bits per heavy atom. The summed E-state index contributed by atoms with van der Waals surface area (Å²) in [4.78, 5) is 0. The molecule has 2 aromatic carbocycles. The molecule has 7 heteroatoms. The molecule has 5 atom stereocenters. The number of benzene rings is 2. The summed E-state index contributed by atoms with van der Waals surface area (Å²) in [6, 6.07) is 13.9. The van der Waals surface area contributed by atoms with E-state index in [4.69, 9.17) is 21.1 Å². The van der Waals surface area contributed by atoms with Crippen LogP contribution >= 0.6 is 11.6 Å². The Morgan fingerprint density at radius 1 is 0.871 bits per heavy atom. The molecule has 2 aliphatic rings. The van der Waals surface area contributed by atoms with Crippen molar-refractivity contribution in [2.75, 3.05) is 19.8 Å². The van der Waals surface area contributed by atoms with E-state index in [1.165, 1.54) is 5.56 Å². The molecule has 0 amide bonds. The average Bonchev–Trinajstić information content (AvgIpc) is 2.80. The fraction of sp³-hybridized carbons (Fsp3) is 0.500. The first kappa shape index (κ1) is 22.7. The van der Waals surface area contributed by atoms with E-state index in [9.17, 15) is 20.4 Å². The van der Waals surface area contributed by atoms with Crippen LogP contribution in [0.25, 0.3) is 0 Å². The van der Waals surface area contributed by atoms with Gasteiger partial charge < -0.3 is 29.9 Å². The number of rotatable bonds is 5. The molecule has 0 bridgehead atoms. The highest BCUT2D eigenvalue weighted by molar-refractivity contribution is 6.31. The van der Waals surface area contributed by atoms with Gasteiger partial charge in [-0.05, 0) is 53.5 Å². The van der Waals surface area contributed by atoms with Crippen molar-refractivity contribution in [3.63, 3.8) is 0 Å². The molecule has 31 heavy (non-hydrogen) atoms. The van der Waals surface area contributed by atoms with Crippen molar-refractivity contribution < 1.29 is 29.9 Å². The van der Waals surface area contributed by atoms with Gasteiger partial charge in [0.2, 0.25) is 0 Å². The third-order valence-electron chi connectivity index (χ3n) is 6.36. The Kier molecular flexibility index (Phi) is 7.29. The van der Waals surface area contributed by atoms with E-state index in [-0.39, 0.29) is 0 Å². The van der Waals surface area contributed by atoms with Crippen LogP contribution in [0.15, 0.2) is 42.5 Å². The number of hydrogen-bond donors (Lipinski definition) is 4. The highest BCUT2D eigenvalue weighted by Gasteiger charge is 2.44. The van der Waals surface area contributed by atoms with Gasteiger partial charge in [0, 0.05) is 18.2 Å². The van der Waals surface area contributed by atoms with E-state index in [2.05, 4.69) is 24.3 Å². The predicted molar refractivity (Wildman–Crippen MR) is 116 cm³/mol. The van der Waals surface area contributed by atoms with Crippen molar-refractivity contribution in [3.05, 3.63) is 69.7 Å². The molecule has 2 heterocycles. The first-order valence-corrected chi connectivity index (χ1v) is 11.1. The summed E-state index contributed by atoms with van der Waals surface area (Å²) in [5.74, 6) is 0.543. The maximum absolute atomic E-state index is 10.4. The smallest absolute Gasteiger partial charge is 0.113 e. The van der Waals surface area contributed by atoms with Crippen molar-refractivity contribution >= 4 is 11.6 Å². The van der Waals surface area contributed by atoms with Gasteiger partial charge in [0.15, 0.2) is 0 Å². The molecule has 2 aliphatic heterocycles. The zero-order chi connectivity index (χ0) is 22.0. The molecule has 2 aromatic rings. The van der Waals surface area contributed by atoms with E-state index in [0.717, 1.165) is 37.2 Å². The molecule has 2 fully saturated rings. The number of hydrogen-bond acceptors (Lipinski definition) is 6. The van der Waals surface area contributed by atoms with Crippen molar-refractivity contribution in [3.8, 4) is 0 Å². The lowest BCUT2D eigenvalue weighted by molar-refractivity contribution is -0.231. The molecule has 4 rings (SSSR count). The van der Waals surface area contributed by atoms with E-state index in [0.29, 0.717) is 22.9 Å². The maximum atomic E-state index is 10.4. The summed E-state index contributed by atoms with van der Waals surface area (Å²) in [7, 11) is 0. The molecule has 0 unspecified atom stereocenters. The molecule has 0 radical (unpaired) electrons. The summed E-state index contributed by atoms with van der Waals surface area (Å²) >= 11 is 6.44. The van der Waals surface area contributed by atoms with E-state index < -0.39 is 37.1 Å². The lowest BCUT2D eigenvalue weighted by Gasteiger charge is -2.40. The third-order valence-corrected chi connectivity index (χ3v) is 6.73. The Bertz CT molecular complexity index is 865. The van der Waals surface area contributed by atoms with Crippen LogP contribution in [0.4, 0.5) is 0 Å². The Labute approximate surface area is 187 Å². The summed E-state index contributed by atoms with van der Waals surface area (Å²) in [5.41, 5.74) is 3.95. The van der Waals surface area contributed by atoms with Gasteiger partial charge in [0.05, 0.1) is 6.61 Å². The SMILES string of the molecule is OC[C@H]1O[C@@H](c2ccc(Cl)c(Cc3ccc(C4CCOCC4)cc3)c2)[C@H](O)[C@@H](O)[C@@H]1O. The Morgan fingerprint density at radius 3 is 2.23 bits per heavy atom. The Balaban J connectivity index is 1.51. The van der Waals surface area contributed by atoms with E-state index >= 15 is 0 Å². The van der Waals surface area contributed by atoms with E-state index in [1.54, 1.807) is 12.1 Å². The fourth-order valence-corrected chi connectivity index (χ4v) is 4.63. The second-order valence-corrected chi connectivity index (χ2v) is 8.81. The predicted octanol–water partition coefficient (Wildman–Crippen LogP) is 2.34. The highest BCUT2D eigenvalue weighted by Crippen LogP contribution is 2.34. The van der Waals surface area contributed by atoms with E-state index in [1.807, 2.05) is 6.07 Å². The summed E-state index contributed by atoms with van der Waals surface area (Å²) in [6.45, 7) is 1.17. The van der Waals surface area contributed by atoms with Crippen LogP contribution in [0, 0.1) is 0 Å². The summed E-state index contributed by atoms with van der Waals surface area (Å²) < 4.78 is 11.1. The molecule has 6 nitrogen and oxygen atoms in total. The molecular formula is C24H29ClO6. The van der Waals surface area contributed by atoms with Crippen molar-refractivity contribution in [2.24, 2.45) is 0 Å². The molecule has 0 aliphatic carbocycles. The van der Waals surface area contributed by atoms with Crippen LogP contribution in [-0.2, 0) is 15.9 Å². The van der Waals surface area contributed by atoms with Gasteiger partial charge in [0.25, 0.3) is 0 Å². The van der Waals surface area contributed by atoms with Crippen LogP contribution < -0.4 is 0 Å². The number of halogens is 1. The number of aliphatic hydroxyl groups excluding tert-OH is 4. The van der Waals surface area contributed by atoms with Gasteiger partial charge >= 0.3 is 0 Å². The largest absolute Gasteiger partial charge is 0.394 e.